The average molecular weight is 411 g/mol. The van der Waals surface area contributed by atoms with Gasteiger partial charge in [0.05, 0.1) is 12.2 Å². The zero-order valence-corrected chi connectivity index (χ0v) is 18.1. The van der Waals surface area contributed by atoms with E-state index < -0.39 is 17.7 Å². The predicted octanol–water partition coefficient (Wildman–Crippen LogP) is 4.35. The molecule has 1 aliphatic rings. The van der Waals surface area contributed by atoms with Crippen molar-refractivity contribution in [2.45, 2.75) is 59.4 Å². The standard InChI is InChI=1S/C24H30N2O4/c1-5-30-24(29)19-16(4)25-21(20(19)17-12-10-14(2)11-13-17)22(27)23(28)26-18-9-7-6-8-15(18)3/h10-13,15,18,25H,5-9H2,1-4H3,(H,26,28)/t15-,18-/m1/s1. The number of aromatic amines is 1. The monoisotopic (exact) mass is 410 g/mol. The van der Waals surface area contributed by atoms with Crippen molar-refractivity contribution < 1.29 is 19.1 Å². The Morgan fingerprint density at radius 2 is 1.77 bits per heavy atom. The van der Waals surface area contributed by atoms with Gasteiger partial charge in [0.15, 0.2) is 0 Å². The molecule has 0 radical (unpaired) electrons. The number of rotatable bonds is 6. The van der Waals surface area contributed by atoms with Gasteiger partial charge in [-0.1, -0.05) is 49.6 Å². The molecule has 1 fully saturated rings. The molecule has 0 aliphatic heterocycles. The first kappa shape index (κ1) is 21.8. The maximum Gasteiger partial charge on any atom is 0.340 e. The number of ketones is 1. The Morgan fingerprint density at radius 3 is 2.40 bits per heavy atom. The van der Waals surface area contributed by atoms with Gasteiger partial charge in [0.1, 0.15) is 5.69 Å². The van der Waals surface area contributed by atoms with E-state index in [1.165, 1.54) is 0 Å². The van der Waals surface area contributed by atoms with Gasteiger partial charge >= 0.3 is 5.97 Å². The van der Waals surface area contributed by atoms with Crippen LogP contribution in [0, 0.1) is 19.8 Å². The minimum absolute atomic E-state index is 0.00129. The van der Waals surface area contributed by atoms with Crippen LogP contribution in [-0.2, 0) is 9.53 Å². The summed E-state index contributed by atoms with van der Waals surface area (Å²) in [5.74, 6) is -1.48. The quantitative estimate of drug-likeness (QED) is 0.421. The highest BCUT2D eigenvalue weighted by Crippen LogP contribution is 2.32. The number of carbonyl (C=O) groups is 3. The minimum Gasteiger partial charge on any atom is -0.462 e. The molecule has 1 heterocycles. The Bertz CT molecular complexity index is 943. The van der Waals surface area contributed by atoms with Gasteiger partial charge in [0, 0.05) is 17.3 Å². The highest BCUT2D eigenvalue weighted by molar-refractivity contribution is 6.44. The Hall–Kier alpha value is -2.89. The van der Waals surface area contributed by atoms with Crippen LogP contribution in [-0.4, -0.2) is 35.3 Å². The molecule has 1 amide bonds. The highest BCUT2D eigenvalue weighted by Gasteiger charge is 2.32. The summed E-state index contributed by atoms with van der Waals surface area (Å²) in [5.41, 5.74) is 3.09. The van der Waals surface area contributed by atoms with E-state index in [2.05, 4.69) is 17.2 Å². The third-order valence-electron chi connectivity index (χ3n) is 5.87. The number of benzene rings is 1. The number of Topliss-reactive ketones (excluding diaryl/α,β-unsaturated/α-hetero) is 1. The van der Waals surface area contributed by atoms with Gasteiger partial charge < -0.3 is 15.0 Å². The second kappa shape index (κ2) is 9.28. The van der Waals surface area contributed by atoms with Crippen molar-refractivity contribution in [3.8, 4) is 11.1 Å². The lowest BCUT2D eigenvalue weighted by atomic mass is 9.86. The fourth-order valence-electron chi connectivity index (χ4n) is 4.14. The first-order valence-corrected chi connectivity index (χ1v) is 10.6. The molecule has 0 unspecified atom stereocenters. The van der Waals surface area contributed by atoms with Crippen LogP contribution in [0.15, 0.2) is 24.3 Å². The van der Waals surface area contributed by atoms with Gasteiger partial charge in [0.2, 0.25) is 0 Å². The summed E-state index contributed by atoms with van der Waals surface area (Å²) in [5, 5.41) is 2.91. The van der Waals surface area contributed by atoms with Gasteiger partial charge in [0.25, 0.3) is 11.7 Å². The number of aromatic nitrogens is 1. The molecule has 2 aromatic rings. The third kappa shape index (κ3) is 4.48. The lowest BCUT2D eigenvalue weighted by Gasteiger charge is -2.29. The topological polar surface area (TPSA) is 88.3 Å². The number of carbonyl (C=O) groups excluding carboxylic acids is 3. The molecule has 0 spiro atoms. The SMILES string of the molecule is CCOC(=O)c1c(C)[nH]c(C(=O)C(=O)N[C@@H]2CCCC[C@H]2C)c1-c1ccc(C)cc1. The van der Waals surface area contributed by atoms with Crippen molar-refractivity contribution in [2.24, 2.45) is 5.92 Å². The maximum atomic E-state index is 13.1. The fraction of sp³-hybridized carbons (Fsp3) is 0.458. The van der Waals surface area contributed by atoms with Crippen molar-refractivity contribution in [1.29, 1.82) is 0 Å². The average Bonchev–Trinajstić information content (AvgIpc) is 3.07. The first-order chi connectivity index (χ1) is 14.3. The molecule has 0 saturated heterocycles. The molecule has 6 heteroatoms. The van der Waals surface area contributed by atoms with Crippen LogP contribution in [0.2, 0.25) is 0 Å². The maximum absolute atomic E-state index is 13.1. The minimum atomic E-state index is -0.665. The molecule has 0 bridgehead atoms. The van der Waals surface area contributed by atoms with Gasteiger partial charge in [-0.2, -0.15) is 0 Å². The molecule has 1 aromatic heterocycles. The molecule has 1 aromatic carbocycles. The van der Waals surface area contributed by atoms with Crippen molar-refractivity contribution in [1.82, 2.24) is 10.3 Å². The predicted molar refractivity (Wildman–Crippen MR) is 116 cm³/mol. The van der Waals surface area contributed by atoms with Gasteiger partial charge in [-0.25, -0.2) is 4.79 Å². The van der Waals surface area contributed by atoms with Crippen LogP contribution < -0.4 is 5.32 Å². The molecule has 1 saturated carbocycles. The van der Waals surface area contributed by atoms with E-state index in [-0.39, 0.29) is 18.3 Å². The van der Waals surface area contributed by atoms with Crippen LogP contribution in [0.4, 0.5) is 0 Å². The fourth-order valence-corrected chi connectivity index (χ4v) is 4.14. The molecule has 2 N–H and O–H groups in total. The molecule has 2 atom stereocenters. The number of hydrogen-bond acceptors (Lipinski definition) is 4. The van der Waals surface area contributed by atoms with Crippen LogP contribution in [0.25, 0.3) is 11.1 Å². The highest BCUT2D eigenvalue weighted by atomic mass is 16.5. The van der Waals surface area contributed by atoms with E-state index in [0.717, 1.165) is 31.2 Å². The van der Waals surface area contributed by atoms with Crippen LogP contribution in [0.5, 0.6) is 0 Å². The summed E-state index contributed by atoms with van der Waals surface area (Å²) in [6, 6.07) is 7.51. The largest absolute Gasteiger partial charge is 0.462 e. The summed E-state index contributed by atoms with van der Waals surface area (Å²) < 4.78 is 5.21. The summed E-state index contributed by atoms with van der Waals surface area (Å²) in [7, 11) is 0. The number of esters is 1. The van der Waals surface area contributed by atoms with Gasteiger partial charge in [-0.3, -0.25) is 9.59 Å². The Balaban J connectivity index is 1.99. The summed E-state index contributed by atoms with van der Waals surface area (Å²) in [6.07, 6.45) is 4.12. The van der Waals surface area contributed by atoms with Crippen molar-refractivity contribution in [2.75, 3.05) is 6.61 Å². The lowest BCUT2D eigenvalue weighted by molar-refractivity contribution is -0.118. The van der Waals surface area contributed by atoms with E-state index in [9.17, 15) is 14.4 Å². The van der Waals surface area contributed by atoms with Crippen molar-refractivity contribution >= 4 is 17.7 Å². The second-order valence-electron chi connectivity index (χ2n) is 8.13. The first-order valence-electron chi connectivity index (χ1n) is 10.6. The Morgan fingerprint density at radius 1 is 1.10 bits per heavy atom. The van der Waals surface area contributed by atoms with Crippen molar-refractivity contribution in [3.63, 3.8) is 0 Å². The van der Waals surface area contributed by atoms with Gasteiger partial charge in [-0.15, -0.1) is 0 Å². The molecule has 3 rings (SSSR count). The zero-order chi connectivity index (χ0) is 21.8. The zero-order valence-electron chi connectivity index (χ0n) is 18.1. The van der Waals surface area contributed by atoms with E-state index in [0.29, 0.717) is 28.3 Å². The summed E-state index contributed by atoms with van der Waals surface area (Å²) in [6.45, 7) is 7.73. The third-order valence-corrected chi connectivity index (χ3v) is 5.87. The Kier molecular flexibility index (Phi) is 6.75. The molecular formula is C24H30N2O4. The second-order valence-corrected chi connectivity index (χ2v) is 8.13. The summed E-state index contributed by atoms with van der Waals surface area (Å²) in [4.78, 5) is 41.6. The van der Waals surface area contributed by atoms with E-state index in [4.69, 9.17) is 4.74 Å². The Labute approximate surface area is 177 Å². The number of H-pyrrole nitrogens is 1. The number of amides is 1. The summed E-state index contributed by atoms with van der Waals surface area (Å²) >= 11 is 0. The lowest BCUT2D eigenvalue weighted by Crippen LogP contribution is -2.44. The molecule has 30 heavy (non-hydrogen) atoms. The molecule has 160 valence electrons. The van der Waals surface area contributed by atoms with Crippen LogP contribution in [0.1, 0.15) is 71.6 Å². The number of ether oxygens (including phenoxy) is 1. The van der Waals surface area contributed by atoms with Crippen LogP contribution in [0.3, 0.4) is 0 Å². The molecular weight excluding hydrogens is 380 g/mol. The number of nitrogens with one attached hydrogen (secondary N) is 2. The van der Waals surface area contributed by atoms with E-state index in [1.807, 2.05) is 31.2 Å². The van der Waals surface area contributed by atoms with Gasteiger partial charge in [-0.05, 0) is 45.1 Å². The van der Waals surface area contributed by atoms with Crippen molar-refractivity contribution in [3.05, 3.63) is 46.8 Å². The number of aryl methyl sites for hydroxylation is 2. The molecule has 6 nitrogen and oxygen atoms in total. The van der Waals surface area contributed by atoms with E-state index >= 15 is 0 Å². The van der Waals surface area contributed by atoms with E-state index in [1.54, 1.807) is 13.8 Å². The number of hydrogen-bond donors (Lipinski definition) is 2. The molecule has 1 aliphatic carbocycles. The normalized spacial score (nSPS) is 18.7. The van der Waals surface area contributed by atoms with Crippen LogP contribution >= 0.6 is 0 Å². The smallest absolute Gasteiger partial charge is 0.340 e.